The summed E-state index contributed by atoms with van der Waals surface area (Å²) in [5.74, 6) is 1.21. The summed E-state index contributed by atoms with van der Waals surface area (Å²) in [4.78, 5) is 32.4. The molecule has 0 radical (unpaired) electrons. The van der Waals surface area contributed by atoms with Crippen molar-refractivity contribution >= 4 is 44.9 Å². The van der Waals surface area contributed by atoms with Crippen molar-refractivity contribution in [3.05, 3.63) is 48.0 Å². The topological polar surface area (TPSA) is 129 Å². The third kappa shape index (κ3) is 5.37. The molecule has 1 aromatic carbocycles. The van der Waals surface area contributed by atoms with Gasteiger partial charge in [-0.2, -0.15) is 9.50 Å². The van der Waals surface area contributed by atoms with Gasteiger partial charge in [0, 0.05) is 43.7 Å². The minimum atomic E-state index is -3.52. The highest BCUT2D eigenvalue weighted by atomic mass is 32.2. The first-order valence-electron chi connectivity index (χ1n) is 13.2. The van der Waals surface area contributed by atoms with Gasteiger partial charge in [-0.25, -0.2) is 13.1 Å². The smallest absolute Gasteiger partial charge is 0.249 e. The van der Waals surface area contributed by atoms with E-state index in [1.807, 2.05) is 30.3 Å². The van der Waals surface area contributed by atoms with E-state index in [9.17, 15) is 18.0 Å². The van der Waals surface area contributed by atoms with Gasteiger partial charge in [0.25, 0.3) is 0 Å². The molecule has 0 spiro atoms. The number of anilines is 3. The van der Waals surface area contributed by atoms with Crippen LogP contribution in [0.5, 0.6) is 0 Å². The molecule has 38 heavy (non-hydrogen) atoms. The van der Waals surface area contributed by atoms with Gasteiger partial charge in [-0.3, -0.25) is 14.9 Å². The van der Waals surface area contributed by atoms with E-state index < -0.39 is 10.0 Å². The third-order valence-electron chi connectivity index (χ3n) is 7.37. The maximum atomic E-state index is 12.9. The lowest BCUT2D eigenvalue weighted by atomic mass is 10.1. The van der Waals surface area contributed by atoms with Crippen molar-refractivity contribution in [3.63, 3.8) is 0 Å². The average Bonchev–Trinajstić information content (AvgIpc) is 3.54. The highest BCUT2D eigenvalue weighted by molar-refractivity contribution is 7.88. The Morgan fingerprint density at radius 3 is 2.45 bits per heavy atom. The monoisotopic (exact) mass is 537 g/mol. The summed E-state index contributed by atoms with van der Waals surface area (Å²) < 4.78 is 30.4. The standard InChI is InChI=1S/C26H31N7O4S/c34-24-5-2-14-32(24)21-10-6-18(7-11-21)17-38(36,37)30-20-12-15-31(16-13-20)23-4-1-3-22-27-26(29-33(22)23)28-25(35)19-8-9-19/h1,3-4,6-7,10-11,19-20,30H,2,5,8-9,12-17H2,(H,28,29,35). The van der Waals surface area contributed by atoms with Crippen LogP contribution in [-0.2, 0) is 25.4 Å². The molecule has 11 nitrogen and oxygen atoms in total. The number of fused-ring (bicyclic) bond motifs is 1. The number of carbonyl (C=O) groups excluding carboxylic acids is 2. The number of hydrogen-bond donors (Lipinski definition) is 2. The Morgan fingerprint density at radius 1 is 1.00 bits per heavy atom. The molecule has 2 aromatic heterocycles. The van der Waals surface area contributed by atoms with Crippen LogP contribution in [-0.4, -0.2) is 60.5 Å². The second-order valence-electron chi connectivity index (χ2n) is 10.3. The molecule has 4 heterocycles. The number of carbonyl (C=O) groups is 2. The number of hydrogen-bond acceptors (Lipinski definition) is 7. The second-order valence-corrected chi connectivity index (χ2v) is 12.1. The van der Waals surface area contributed by atoms with Crippen LogP contribution < -0.4 is 19.8 Å². The zero-order chi connectivity index (χ0) is 26.3. The van der Waals surface area contributed by atoms with Crippen molar-refractivity contribution in [2.24, 2.45) is 5.92 Å². The van der Waals surface area contributed by atoms with Gasteiger partial charge >= 0.3 is 0 Å². The summed E-state index contributed by atoms with van der Waals surface area (Å²) in [6.45, 7) is 2.03. The Bertz CT molecular complexity index is 1460. The number of pyridine rings is 1. The number of benzene rings is 1. The van der Waals surface area contributed by atoms with Crippen molar-refractivity contribution in [1.82, 2.24) is 19.3 Å². The molecule has 200 valence electrons. The molecule has 1 saturated carbocycles. The number of nitrogens with one attached hydrogen (secondary N) is 2. The third-order valence-corrected chi connectivity index (χ3v) is 8.77. The summed E-state index contributed by atoms with van der Waals surface area (Å²) in [7, 11) is -3.52. The van der Waals surface area contributed by atoms with Crippen molar-refractivity contribution in [3.8, 4) is 0 Å². The fraction of sp³-hybridized carbons (Fsp3) is 0.462. The van der Waals surface area contributed by atoms with Crippen molar-refractivity contribution < 1.29 is 18.0 Å². The second kappa shape index (κ2) is 9.99. The summed E-state index contributed by atoms with van der Waals surface area (Å²) in [6.07, 6.45) is 4.56. The number of rotatable bonds is 8. The molecule has 2 saturated heterocycles. The molecule has 2 aliphatic heterocycles. The van der Waals surface area contributed by atoms with Crippen LogP contribution in [0, 0.1) is 5.92 Å². The van der Waals surface area contributed by atoms with Gasteiger partial charge in [0.2, 0.25) is 27.8 Å². The first-order chi connectivity index (χ1) is 18.3. The Balaban J connectivity index is 1.05. The molecule has 1 aliphatic carbocycles. The molecule has 3 aromatic rings. The lowest BCUT2D eigenvalue weighted by Crippen LogP contribution is -2.45. The summed E-state index contributed by atoms with van der Waals surface area (Å²) >= 11 is 0. The fourth-order valence-electron chi connectivity index (χ4n) is 5.18. The zero-order valence-corrected chi connectivity index (χ0v) is 21.9. The summed E-state index contributed by atoms with van der Waals surface area (Å²) in [5.41, 5.74) is 2.15. The number of nitrogens with zero attached hydrogens (tertiary/aromatic N) is 5. The normalized spacial score (nSPS) is 18.9. The summed E-state index contributed by atoms with van der Waals surface area (Å²) in [6, 6.07) is 12.8. The number of sulfonamides is 1. The molecule has 3 aliphatic rings. The molecule has 3 fully saturated rings. The van der Waals surface area contributed by atoms with Crippen LogP contribution in [0.25, 0.3) is 5.65 Å². The van der Waals surface area contributed by atoms with Gasteiger partial charge in [0.15, 0.2) is 5.65 Å². The van der Waals surface area contributed by atoms with Crippen LogP contribution in [0.1, 0.15) is 44.1 Å². The highest BCUT2D eigenvalue weighted by Crippen LogP contribution is 2.30. The molecule has 0 unspecified atom stereocenters. The van der Waals surface area contributed by atoms with Crippen LogP contribution in [0.3, 0.4) is 0 Å². The lowest BCUT2D eigenvalue weighted by molar-refractivity contribution is -0.118. The molecule has 0 atom stereocenters. The highest BCUT2D eigenvalue weighted by Gasteiger charge is 2.31. The van der Waals surface area contributed by atoms with Crippen molar-refractivity contribution in [2.75, 3.05) is 34.8 Å². The fourth-order valence-corrected chi connectivity index (χ4v) is 6.63. The lowest BCUT2D eigenvalue weighted by Gasteiger charge is -2.33. The van der Waals surface area contributed by atoms with Crippen LogP contribution in [0.4, 0.5) is 17.5 Å². The Hall–Kier alpha value is -3.51. The number of piperidine rings is 1. The number of amides is 2. The molecular weight excluding hydrogens is 506 g/mol. The van der Waals surface area contributed by atoms with Gasteiger partial charge in [-0.1, -0.05) is 18.2 Å². The van der Waals surface area contributed by atoms with Crippen LogP contribution >= 0.6 is 0 Å². The van der Waals surface area contributed by atoms with Gasteiger partial charge in [-0.05, 0) is 61.9 Å². The Labute approximate surface area is 221 Å². The van der Waals surface area contributed by atoms with E-state index in [2.05, 4.69) is 25.0 Å². The summed E-state index contributed by atoms with van der Waals surface area (Å²) in [5, 5.41) is 7.30. The van der Waals surface area contributed by atoms with Gasteiger partial charge in [-0.15, -0.1) is 5.10 Å². The van der Waals surface area contributed by atoms with E-state index in [-0.39, 0.29) is 29.5 Å². The van der Waals surface area contributed by atoms with Gasteiger partial charge in [0.05, 0.1) is 5.75 Å². The van der Waals surface area contributed by atoms with Crippen LogP contribution in [0.2, 0.25) is 0 Å². The SMILES string of the molecule is O=C(Nc1nc2cccc(N3CCC(NS(=O)(=O)Cc4ccc(N5CCCC5=O)cc4)CC3)n2n1)C1CC1. The van der Waals surface area contributed by atoms with E-state index in [0.29, 0.717) is 56.1 Å². The van der Waals surface area contributed by atoms with Crippen molar-refractivity contribution in [2.45, 2.75) is 50.3 Å². The Kier molecular flexibility index (Phi) is 6.52. The largest absolute Gasteiger partial charge is 0.356 e. The first-order valence-corrected chi connectivity index (χ1v) is 14.8. The quantitative estimate of drug-likeness (QED) is 0.451. The van der Waals surface area contributed by atoms with E-state index in [1.165, 1.54) is 0 Å². The minimum Gasteiger partial charge on any atom is -0.356 e. The Morgan fingerprint density at radius 2 is 1.76 bits per heavy atom. The predicted octanol–water partition coefficient (Wildman–Crippen LogP) is 2.29. The van der Waals surface area contributed by atoms with E-state index in [0.717, 1.165) is 30.8 Å². The first kappa shape index (κ1) is 24.8. The van der Waals surface area contributed by atoms with E-state index in [1.54, 1.807) is 21.5 Å². The molecule has 12 heteroatoms. The average molecular weight is 538 g/mol. The van der Waals surface area contributed by atoms with Crippen molar-refractivity contribution in [1.29, 1.82) is 0 Å². The van der Waals surface area contributed by atoms with E-state index >= 15 is 0 Å². The van der Waals surface area contributed by atoms with E-state index in [4.69, 9.17) is 0 Å². The minimum absolute atomic E-state index is 0.0341. The van der Waals surface area contributed by atoms with Gasteiger partial charge in [0.1, 0.15) is 5.82 Å². The predicted molar refractivity (Wildman–Crippen MR) is 143 cm³/mol. The molecule has 2 N–H and O–H groups in total. The van der Waals surface area contributed by atoms with Crippen LogP contribution in [0.15, 0.2) is 42.5 Å². The maximum Gasteiger partial charge on any atom is 0.249 e. The maximum absolute atomic E-state index is 12.9. The molecule has 6 rings (SSSR count). The zero-order valence-electron chi connectivity index (χ0n) is 21.0. The molecule has 2 amide bonds. The molecule has 0 bridgehead atoms. The van der Waals surface area contributed by atoms with Gasteiger partial charge < -0.3 is 9.80 Å². The number of aromatic nitrogens is 3. The molecular formula is C26H31N7O4S.